The normalized spacial score (nSPS) is 12.1. The van der Waals surface area contributed by atoms with Gasteiger partial charge in [-0.3, -0.25) is 0 Å². The molecule has 0 spiro atoms. The fourth-order valence-electron chi connectivity index (χ4n) is 2.01. The molecule has 0 aliphatic carbocycles. The van der Waals surface area contributed by atoms with Crippen LogP contribution in [0.2, 0.25) is 10.0 Å². The van der Waals surface area contributed by atoms with Crippen molar-refractivity contribution in [3.63, 3.8) is 0 Å². The Morgan fingerprint density at radius 2 is 1.82 bits per heavy atom. The van der Waals surface area contributed by atoms with E-state index in [0.29, 0.717) is 27.4 Å². The van der Waals surface area contributed by atoms with E-state index in [-0.39, 0.29) is 6.79 Å². The van der Waals surface area contributed by atoms with Crippen LogP contribution in [0.3, 0.4) is 0 Å². The van der Waals surface area contributed by atoms with Crippen LogP contribution in [0.4, 0.5) is 5.69 Å². The van der Waals surface area contributed by atoms with Crippen molar-refractivity contribution in [2.45, 2.75) is 6.54 Å². The number of halogens is 2. The third-order valence-corrected chi connectivity index (χ3v) is 3.97. The molecule has 2 N–H and O–H groups in total. The minimum atomic E-state index is 0.261. The second kappa shape index (κ2) is 6.60. The highest BCUT2D eigenvalue weighted by Gasteiger charge is 2.13. The average molecular weight is 355 g/mol. The van der Waals surface area contributed by atoms with Crippen molar-refractivity contribution in [3.8, 4) is 11.5 Å². The Hall–Kier alpha value is -1.69. The van der Waals surface area contributed by atoms with Crippen LogP contribution in [0.5, 0.6) is 11.5 Å². The first-order valence-electron chi connectivity index (χ1n) is 6.51. The van der Waals surface area contributed by atoms with E-state index in [0.717, 1.165) is 17.1 Å². The Bertz CT molecular complexity index is 704. The van der Waals surface area contributed by atoms with Crippen LogP contribution in [0.15, 0.2) is 36.4 Å². The third kappa shape index (κ3) is 3.38. The van der Waals surface area contributed by atoms with Crippen molar-refractivity contribution in [1.29, 1.82) is 0 Å². The van der Waals surface area contributed by atoms with Crippen molar-refractivity contribution >= 4 is 46.2 Å². The molecule has 0 aromatic heterocycles. The summed E-state index contributed by atoms with van der Waals surface area (Å²) in [5.74, 6) is 1.50. The molecule has 2 aromatic rings. The van der Waals surface area contributed by atoms with Crippen LogP contribution in [-0.2, 0) is 6.54 Å². The molecule has 0 bridgehead atoms. The molecule has 0 radical (unpaired) electrons. The van der Waals surface area contributed by atoms with E-state index < -0.39 is 0 Å². The highest BCUT2D eigenvalue weighted by molar-refractivity contribution is 7.80. The zero-order valence-electron chi connectivity index (χ0n) is 11.4. The Morgan fingerprint density at radius 1 is 1.09 bits per heavy atom. The molecule has 0 saturated heterocycles. The number of ether oxygens (including phenoxy) is 2. The minimum Gasteiger partial charge on any atom is -0.454 e. The van der Waals surface area contributed by atoms with E-state index in [1.54, 1.807) is 18.2 Å². The van der Waals surface area contributed by atoms with Gasteiger partial charge in [0.25, 0.3) is 0 Å². The van der Waals surface area contributed by atoms with Gasteiger partial charge in [0.2, 0.25) is 6.79 Å². The number of thiocarbonyl (C=S) groups is 1. The van der Waals surface area contributed by atoms with Gasteiger partial charge in [-0.25, -0.2) is 0 Å². The summed E-state index contributed by atoms with van der Waals surface area (Å²) in [4.78, 5) is 0. The number of rotatable bonds is 3. The lowest BCUT2D eigenvalue weighted by atomic mass is 10.2. The minimum absolute atomic E-state index is 0.261. The van der Waals surface area contributed by atoms with Gasteiger partial charge < -0.3 is 20.1 Å². The molecule has 1 aliphatic heterocycles. The summed E-state index contributed by atoms with van der Waals surface area (Å²) in [5, 5.41) is 7.57. The van der Waals surface area contributed by atoms with Gasteiger partial charge in [0.05, 0.1) is 15.7 Å². The van der Waals surface area contributed by atoms with E-state index in [1.165, 1.54) is 0 Å². The molecular weight excluding hydrogens is 343 g/mol. The Labute approximate surface area is 143 Å². The number of hydrogen-bond acceptors (Lipinski definition) is 3. The molecular formula is C15H12Cl2N2O2S. The molecule has 0 fully saturated rings. The summed E-state index contributed by atoms with van der Waals surface area (Å²) in [6, 6.07) is 11.0. The molecule has 7 heteroatoms. The van der Waals surface area contributed by atoms with E-state index in [4.69, 9.17) is 44.9 Å². The first-order valence-corrected chi connectivity index (χ1v) is 7.67. The molecule has 114 valence electrons. The van der Waals surface area contributed by atoms with Crippen molar-refractivity contribution in [2.75, 3.05) is 12.1 Å². The highest BCUT2D eigenvalue weighted by Crippen LogP contribution is 2.32. The monoisotopic (exact) mass is 354 g/mol. The van der Waals surface area contributed by atoms with Gasteiger partial charge in [-0.2, -0.15) is 0 Å². The number of fused-ring (bicyclic) bond motifs is 1. The maximum absolute atomic E-state index is 6.09. The van der Waals surface area contributed by atoms with Crippen LogP contribution in [0.1, 0.15) is 5.56 Å². The van der Waals surface area contributed by atoms with Crippen LogP contribution in [0, 0.1) is 0 Å². The Kier molecular flexibility index (Phi) is 4.57. The topological polar surface area (TPSA) is 42.5 Å². The third-order valence-electron chi connectivity index (χ3n) is 3.09. The molecule has 0 saturated carbocycles. The summed E-state index contributed by atoms with van der Waals surface area (Å²) >= 11 is 17.4. The molecule has 2 aromatic carbocycles. The van der Waals surface area contributed by atoms with Crippen LogP contribution >= 0.6 is 35.4 Å². The van der Waals surface area contributed by atoms with Gasteiger partial charge in [-0.05, 0) is 42.0 Å². The maximum atomic E-state index is 6.09. The maximum Gasteiger partial charge on any atom is 0.231 e. The molecule has 1 aliphatic rings. The summed E-state index contributed by atoms with van der Waals surface area (Å²) in [6.45, 7) is 0.807. The number of nitrogens with one attached hydrogen (secondary N) is 2. The van der Waals surface area contributed by atoms with Crippen molar-refractivity contribution in [1.82, 2.24) is 5.32 Å². The largest absolute Gasteiger partial charge is 0.454 e. The van der Waals surface area contributed by atoms with E-state index in [1.807, 2.05) is 18.2 Å². The van der Waals surface area contributed by atoms with Gasteiger partial charge in [0.1, 0.15) is 0 Å². The van der Waals surface area contributed by atoms with Crippen LogP contribution < -0.4 is 20.1 Å². The zero-order chi connectivity index (χ0) is 15.5. The summed E-state index contributed by atoms with van der Waals surface area (Å²) in [7, 11) is 0. The quantitative estimate of drug-likeness (QED) is 0.808. The molecule has 3 rings (SSSR count). The van der Waals surface area contributed by atoms with Crippen molar-refractivity contribution in [3.05, 3.63) is 52.0 Å². The van der Waals surface area contributed by atoms with Crippen LogP contribution in [-0.4, -0.2) is 11.9 Å². The van der Waals surface area contributed by atoms with Crippen molar-refractivity contribution < 1.29 is 9.47 Å². The molecule has 1 heterocycles. The fraction of sp³-hybridized carbons (Fsp3) is 0.133. The van der Waals surface area contributed by atoms with Gasteiger partial charge in [-0.1, -0.05) is 35.3 Å². The van der Waals surface area contributed by atoms with E-state index in [2.05, 4.69) is 10.6 Å². The smallest absolute Gasteiger partial charge is 0.231 e. The standard InChI is InChI=1S/C15H12Cl2N2O2S/c16-10-2-1-3-11(17)14(10)19-15(22)18-7-9-4-5-12-13(6-9)21-8-20-12/h1-6H,7-8H2,(H2,18,19,22). The lowest BCUT2D eigenvalue weighted by Crippen LogP contribution is -2.28. The Morgan fingerprint density at radius 3 is 2.59 bits per heavy atom. The molecule has 0 unspecified atom stereocenters. The van der Waals surface area contributed by atoms with E-state index >= 15 is 0 Å². The number of benzene rings is 2. The molecule has 22 heavy (non-hydrogen) atoms. The lowest BCUT2D eigenvalue weighted by molar-refractivity contribution is 0.174. The van der Waals surface area contributed by atoms with Crippen molar-refractivity contribution in [2.24, 2.45) is 0 Å². The number of hydrogen-bond donors (Lipinski definition) is 2. The summed E-state index contributed by atoms with van der Waals surface area (Å²) in [6.07, 6.45) is 0. The molecule has 0 atom stereocenters. The summed E-state index contributed by atoms with van der Waals surface area (Å²) < 4.78 is 10.6. The fourth-order valence-corrected chi connectivity index (χ4v) is 2.67. The molecule has 0 amide bonds. The van der Waals surface area contributed by atoms with Gasteiger partial charge >= 0.3 is 0 Å². The first-order chi connectivity index (χ1) is 10.6. The Balaban J connectivity index is 1.61. The number of para-hydroxylation sites is 1. The molecule has 4 nitrogen and oxygen atoms in total. The van der Waals surface area contributed by atoms with Gasteiger partial charge in [0.15, 0.2) is 16.6 Å². The van der Waals surface area contributed by atoms with Gasteiger partial charge in [0, 0.05) is 6.54 Å². The predicted octanol–water partition coefficient (Wildman–Crippen LogP) is 4.21. The number of anilines is 1. The summed E-state index contributed by atoms with van der Waals surface area (Å²) in [5.41, 5.74) is 1.62. The first kappa shape index (κ1) is 15.2. The van der Waals surface area contributed by atoms with Gasteiger partial charge in [-0.15, -0.1) is 0 Å². The second-order valence-corrected chi connectivity index (χ2v) is 5.81. The second-order valence-electron chi connectivity index (χ2n) is 4.59. The average Bonchev–Trinajstić information content (AvgIpc) is 2.96. The van der Waals surface area contributed by atoms with Crippen LogP contribution in [0.25, 0.3) is 0 Å². The lowest BCUT2D eigenvalue weighted by Gasteiger charge is -2.13. The zero-order valence-corrected chi connectivity index (χ0v) is 13.7. The highest BCUT2D eigenvalue weighted by atomic mass is 35.5. The predicted molar refractivity (Wildman–Crippen MR) is 92.1 cm³/mol. The van der Waals surface area contributed by atoms with E-state index in [9.17, 15) is 0 Å². The SMILES string of the molecule is S=C(NCc1ccc2c(c1)OCO2)Nc1c(Cl)cccc1Cl.